The van der Waals surface area contributed by atoms with Crippen molar-refractivity contribution >= 4 is 23.7 Å². The number of rotatable bonds is 11. The Kier molecular flexibility index (Phi) is 10.7. The summed E-state index contributed by atoms with van der Waals surface area (Å²) >= 11 is 0. The fourth-order valence-corrected chi connectivity index (χ4v) is 2.10. The number of nitrogens with two attached hydrogens (primary N) is 2. The molecule has 0 fully saturated rings. The van der Waals surface area contributed by atoms with E-state index in [9.17, 15) is 9.59 Å². The van der Waals surface area contributed by atoms with Crippen LogP contribution in [0.15, 0.2) is 5.10 Å². The summed E-state index contributed by atoms with van der Waals surface area (Å²) in [6, 6.07) is -0.620. The molecule has 0 aromatic heterocycles. The van der Waals surface area contributed by atoms with Gasteiger partial charge >= 0.3 is 0 Å². The van der Waals surface area contributed by atoms with Gasteiger partial charge in [0.1, 0.15) is 5.71 Å². The molecule has 0 bridgehead atoms. The first-order valence-electron chi connectivity index (χ1n) is 8.66. The van der Waals surface area contributed by atoms with Crippen LogP contribution in [-0.2, 0) is 9.59 Å². The molecule has 0 saturated heterocycles. The largest absolute Gasteiger partial charge is 0.370 e. The van der Waals surface area contributed by atoms with Gasteiger partial charge in [0.25, 0.3) is 0 Å². The number of primary amides is 1. The Morgan fingerprint density at radius 2 is 1.83 bits per heavy atom. The van der Waals surface area contributed by atoms with Crippen molar-refractivity contribution in [3.05, 3.63) is 0 Å². The maximum Gasteiger partial charge on any atom is 0.220 e. The number of carbonyl (C=O) groups is 2. The molecule has 0 unspecified atom stereocenters. The Morgan fingerprint density at radius 3 is 2.33 bits per heavy atom. The zero-order chi connectivity index (χ0) is 18.6. The van der Waals surface area contributed by atoms with Gasteiger partial charge in [-0.1, -0.05) is 32.6 Å². The van der Waals surface area contributed by atoms with E-state index in [-0.39, 0.29) is 17.9 Å². The molecule has 0 radical (unpaired) electrons. The molecule has 138 valence electrons. The van der Waals surface area contributed by atoms with Crippen LogP contribution >= 0.6 is 0 Å². The molecule has 6 N–H and O–H groups in total. The van der Waals surface area contributed by atoms with Gasteiger partial charge in [0.05, 0.1) is 12.5 Å². The average Bonchev–Trinajstić information content (AvgIpc) is 2.45. The van der Waals surface area contributed by atoms with E-state index in [1.54, 1.807) is 6.21 Å². The van der Waals surface area contributed by atoms with E-state index in [0.717, 1.165) is 19.3 Å². The Labute approximate surface area is 145 Å². The van der Waals surface area contributed by atoms with Gasteiger partial charge < -0.3 is 16.9 Å². The third-order valence-corrected chi connectivity index (χ3v) is 3.41. The topological polar surface area (TPSA) is 125 Å². The van der Waals surface area contributed by atoms with Crippen molar-refractivity contribution in [1.82, 2.24) is 5.32 Å². The van der Waals surface area contributed by atoms with Crippen molar-refractivity contribution in [3.63, 3.8) is 0 Å². The van der Waals surface area contributed by atoms with Crippen molar-refractivity contribution in [3.8, 4) is 0 Å². The molecular formula is C17H34N5O2+. The van der Waals surface area contributed by atoms with Crippen LogP contribution in [0.3, 0.4) is 0 Å². The molecule has 2 amide bonds. The van der Waals surface area contributed by atoms with Crippen LogP contribution in [0.2, 0.25) is 0 Å². The molecule has 0 aromatic carbocycles. The van der Waals surface area contributed by atoms with Gasteiger partial charge in [0.15, 0.2) is 11.8 Å². The molecule has 0 aliphatic rings. The average molecular weight is 340 g/mol. The van der Waals surface area contributed by atoms with Crippen molar-refractivity contribution in [2.75, 3.05) is 0 Å². The Hall–Kier alpha value is -1.92. The van der Waals surface area contributed by atoms with Crippen LogP contribution in [0.25, 0.3) is 0 Å². The minimum absolute atomic E-state index is 0.0417. The van der Waals surface area contributed by atoms with E-state index in [2.05, 4.69) is 22.3 Å². The monoisotopic (exact) mass is 340 g/mol. The van der Waals surface area contributed by atoms with Crippen molar-refractivity contribution in [1.29, 1.82) is 0 Å². The van der Waals surface area contributed by atoms with Crippen molar-refractivity contribution in [2.24, 2.45) is 16.7 Å². The molecule has 0 spiro atoms. The summed E-state index contributed by atoms with van der Waals surface area (Å²) in [6.45, 7) is 8.10. The van der Waals surface area contributed by atoms with Gasteiger partial charge in [-0.05, 0) is 27.2 Å². The van der Waals surface area contributed by atoms with Crippen LogP contribution in [0.4, 0.5) is 0 Å². The van der Waals surface area contributed by atoms with Gasteiger partial charge in [-0.3, -0.25) is 9.59 Å². The fourth-order valence-electron chi connectivity index (χ4n) is 2.10. The van der Waals surface area contributed by atoms with Gasteiger partial charge in [-0.25, -0.2) is 4.99 Å². The fraction of sp³-hybridized carbons (Fsp3) is 0.765. The lowest BCUT2D eigenvalue weighted by Gasteiger charge is -2.16. The highest BCUT2D eigenvalue weighted by Crippen LogP contribution is 2.05. The highest BCUT2D eigenvalue weighted by atomic mass is 16.2. The molecule has 24 heavy (non-hydrogen) atoms. The summed E-state index contributed by atoms with van der Waals surface area (Å²) in [4.78, 5) is 26.5. The van der Waals surface area contributed by atoms with Gasteiger partial charge in [0.2, 0.25) is 11.8 Å². The van der Waals surface area contributed by atoms with Crippen LogP contribution in [0, 0.1) is 0 Å². The molecule has 0 aromatic rings. The van der Waals surface area contributed by atoms with E-state index < -0.39 is 11.9 Å². The lowest BCUT2D eigenvalue weighted by Crippen LogP contribution is -2.82. The predicted octanol–water partition coefficient (Wildman–Crippen LogP) is -0.0283. The number of hydrogen-bond donors (Lipinski definition) is 4. The van der Waals surface area contributed by atoms with E-state index in [1.807, 2.05) is 20.8 Å². The first-order valence-corrected chi connectivity index (χ1v) is 8.66. The second-order valence-electron chi connectivity index (χ2n) is 7.05. The summed E-state index contributed by atoms with van der Waals surface area (Å²) in [5.74, 6) is 4.78. The van der Waals surface area contributed by atoms with E-state index in [1.165, 1.54) is 12.8 Å². The van der Waals surface area contributed by atoms with Gasteiger partial charge in [-0.2, -0.15) is 5.10 Å². The Bertz CT molecular complexity index is 452. The highest BCUT2D eigenvalue weighted by molar-refractivity contribution is 6.31. The zero-order valence-electron chi connectivity index (χ0n) is 15.5. The second-order valence-corrected chi connectivity index (χ2v) is 7.05. The molecule has 0 saturated carbocycles. The molecule has 0 heterocycles. The highest BCUT2D eigenvalue weighted by Gasteiger charge is 2.23. The zero-order valence-corrected chi connectivity index (χ0v) is 15.5. The minimum Gasteiger partial charge on any atom is -0.370 e. The Morgan fingerprint density at radius 1 is 1.21 bits per heavy atom. The van der Waals surface area contributed by atoms with E-state index >= 15 is 0 Å². The van der Waals surface area contributed by atoms with E-state index in [4.69, 9.17) is 11.6 Å². The second kappa shape index (κ2) is 11.6. The maximum absolute atomic E-state index is 12.1. The number of unbranched alkanes of at least 4 members (excludes halogenated alkanes) is 4. The molecular weight excluding hydrogens is 306 g/mol. The molecule has 1 atom stereocenters. The lowest BCUT2D eigenvalue weighted by atomic mass is 10.1. The molecule has 7 nitrogen and oxygen atoms in total. The SMILES string of the molecule is CCCCCCCC(=O)N[C@H](CC(N)=O)/C(C=[NH+]C(C)(C)C)=N/N. The number of nitrogens with zero attached hydrogens (tertiary/aromatic N) is 1. The quantitative estimate of drug-likeness (QED) is 0.183. The first kappa shape index (κ1) is 22.1. The minimum atomic E-state index is -0.620. The third kappa shape index (κ3) is 11.6. The first-order chi connectivity index (χ1) is 11.2. The maximum atomic E-state index is 12.1. The summed E-state index contributed by atoms with van der Waals surface area (Å²) < 4.78 is 0. The van der Waals surface area contributed by atoms with Crippen LogP contribution in [0.5, 0.6) is 0 Å². The summed E-state index contributed by atoms with van der Waals surface area (Å²) in [6.07, 6.45) is 7.33. The van der Waals surface area contributed by atoms with Gasteiger partial charge in [0, 0.05) is 6.42 Å². The summed E-state index contributed by atoms with van der Waals surface area (Å²) in [5, 5.41) is 6.50. The van der Waals surface area contributed by atoms with Crippen molar-refractivity contribution in [2.45, 2.75) is 84.2 Å². The normalized spacial score (nSPS) is 13.9. The van der Waals surface area contributed by atoms with E-state index in [0.29, 0.717) is 12.1 Å². The van der Waals surface area contributed by atoms with Crippen LogP contribution in [-0.4, -0.2) is 35.3 Å². The number of nitrogens with one attached hydrogen (secondary N) is 2. The third-order valence-electron chi connectivity index (χ3n) is 3.41. The molecule has 7 heteroatoms. The lowest BCUT2D eigenvalue weighted by molar-refractivity contribution is -0.532. The summed E-state index contributed by atoms with van der Waals surface area (Å²) in [7, 11) is 0. The molecule has 0 aliphatic carbocycles. The Balaban J connectivity index is 4.72. The number of carbonyl (C=O) groups excluding carboxylic acids is 2. The standard InChI is InChI=1S/C17H33N5O2/c1-5-6-7-8-9-10-16(24)21-13(11-15(18)23)14(22-19)12-20-17(2,3)4/h12-13H,5-11,19H2,1-4H3,(H2,18,23)(H,21,24)/p+1/b20-12?,22-14+/t13-/m1/s1. The van der Waals surface area contributed by atoms with Crippen LogP contribution < -0.4 is 21.9 Å². The van der Waals surface area contributed by atoms with Crippen LogP contribution in [0.1, 0.15) is 72.6 Å². The smallest absolute Gasteiger partial charge is 0.220 e. The number of hydrogen-bond acceptors (Lipinski definition) is 4. The number of amides is 2. The summed E-state index contributed by atoms with van der Waals surface area (Å²) in [5.41, 5.74) is 5.49. The van der Waals surface area contributed by atoms with Crippen molar-refractivity contribution < 1.29 is 14.6 Å². The number of hydrazone groups is 1. The predicted molar refractivity (Wildman–Crippen MR) is 97.5 cm³/mol. The molecule has 0 aliphatic heterocycles. The van der Waals surface area contributed by atoms with Gasteiger partial charge in [-0.15, -0.1) is 0 Å². The molecule has 0 rings (SSSR count).